The third kappa shape index (κ3) is 4.85. The normalized spacial score (nSPS) is 26.7. The van der Waals surface area contributed by atoms with E-state index < -0.39 is 24.9 Å². The van der Waals surface area contributed by atoms with E-state index in [1.165, 1.54) is 0 Å². The fraction of sp³-hybridized carbons (Fsp3) is 0.435. The van der Waals surface area contributed by atoms with Crippen LogP contribution in [0.15, 0.2) is 42.5 Å². The van der Waals surface area contributed by atoms with Gasteiger partial charge >= 0.3 is 0 Å². The van der Waals surface area contributed by atoms with Gasteiger partial charge in [-0.1, -0.05) is 35.9 Å². The summed E-state index contributed by atoms with van der Waals surface area (Å²) in [5.41, 5.74) is 2.79. The van der Waals surface area contributed by atoms with E-state index in [1.807, 2.05) is 36.4 Å². The van der Waals surface area contributed by atoms with Crippen LogP contribution in [0, 0.1) is 0 Å². The van der Waals surface area contributed by atoms with Crippen molar-refractivity contribution >= 4 is 17.4 Å². The molecular weight excluding hydrogens is 408 g/mol. The summed E-state index contributed by atoms with van der Waals surface area (Å²) < 4.78 is 17.0. The quantitative estimate of drug-likeness (QED) is 0.730. The van der Waals surface area contributed by atoms with Gasteiger partial charge in [0.25, 0.3) is 0 Å². The summed E-state index contributed by atoms with van der Waals surface area (Å²) in [7, 11) is 0. The molecule has 2 fully saturated rings. The molecule has 0 bridgehead atoms. The van der Waals surface area contributed by atoms with Crippen LogP contribution >= 0.6 is 11.6 Å². The van der Waals surface area contributed by atoms with Crippen LogP contribution in [0.2, 0.25) is 5.02 Å². The number of aliphatic hydroxyl groups is 2. The minimum atomic E-state index is -1.28. The van der Waals surface area contributed by atoms with Crippen molar-refractivity contribution in [2.45, 2.75) is 43.7 Å². The van der Waals surface area contributed by atoms with Crippen LogP contribution < -0.4 is 4.74 Å². The number of Topliss-reactive ketones (excluding diaryl/α,β-unsaturated/α-hetero) is 1. The highest BCUT2D eigenvalue weighted by molar-refractivity contribution is 6.31. The van der Waals surface area contributed by atoms with Crippen molar-refractivity contribution in [2.75, 3.05) is 19.8 Å². The molecular formula is C23H25ClO6. The fourth-order valence-corrected chi connectivity index (χ4v) is 4.00. The van der Waals surface area contributed by atoms with Crippen molar-refractivity contribution in [1.29, 1.82) is 0 Å². The molecule has 2 heterocycles. The average Bonchev–Trinajstić information content (AvgIpc) is 3.26. The summed E-state index contributed by atoms with van der Waals surface area (Å²) in [6.45, 7) is 0.960. The third-order valence-electron chi connectivity index (χ3n) is 5.54. The van der Waals surface area contributed by atoms with Crippen LogP contribution in [0.25, 0.3) is 0 Å². The van der Waals surface area contributed by atoms with Crippen LogP contribution in [-0.2, 0) is 20.7 Å². The van der Waals surface area contributed by atoms with E-state index in [2.05, 4.69) is 0 Å². The van der Waals surface area contributed by atoms with E-state index >= 15 is 0 Å². The number of ketones is 1. The van der Waals surface area contributed by atoms with Gasteiger partial charge < -0.3 is 24.4 Å². The first-order valence-corrected chi connectivity index (χ1v) is 10.5. The molecule has 30 heavy (non-hydrogen) atoms. The van der Waals surface area contributed by atoms with Gasteiger partial charge in [0.05, 0.1) is 25.9 Å². The molecule has 6 nitrogen and oxygen atoms in total. The minimum Gasteiger partial charge on any atom is -0.488 e. The molecule has 0 aromatic heterocycles. The van der Waals surface area contributed by atoms with Crippen molar-refractivity contribution < 1.29 is 29.2 Å². The fourth-order valence-electron chi connectivity index (χ4n) is 3.82. The first-order valence-electron chi connectivity index (χ1n) is 10.1. The lowest BCUT2D eigenvalue weighted by Gasteiger charge is -2.32. The Labute approximate surface area is 180 Å². The zero-order valence-corrected chi connectivity index (χ0v) is 17.3. The third-order valence-corrected chi connectivity index (χ3v) is 5.91. The van der Waals surface area contributed by atoms with Gasteiger partial charge in [0.15, 0.2) is 5.78 Å². The number of halogens is 1. The van der Waals surface area contributed by atoms with Crippen molar-refractivity contribution in [2.24, 2.45) is 0 Å². The highest BCUT2D eigenvalue weighted by Crippen LogP contribution is 2.32. The Hall–Kier alpha value is -1.96. The number of hydrogen-bond donors (Lipinski definition) is 2. The molecule has 0 radical (unpaired) electrons. The molecule has 4 atom stereocenters. The molecule has 160 valence electrons. The summed E-state index contributed by atoms with van der Waals surface area (Å²) in [5, 5.41) is 19.8. The topological polar surface area (TPSA) is 85.2 Å². The maximum Gasteiger partial charge on any atom is 0.166 e. The Kier molecular flexibility index (Phi) is 6.71. The Balaban J connectivity index is 1.46. The van der Waals surface area contributed by atoms with Crippen LogP contribution in [-0.4, -0.2) is 54.1 Å². The minimum absolute atomic E-state index is 0.0651. The second-order valence-corrected chi connectivity index (χ2v) is 8.14. The smallest absolute Gasteiger partial charge is 0.166 e. The molecule has 0 unspecified atom stereocenters. The van der Waals surface area contributed by atoms with Crippen LogP contribution in [0.1, 0.15) is 35.6 Å². The molecule has 0 spiro atoms. The maximum atomic E-state index is 12.1. The molecule has 2 aromatic rings. The van der Waals surface area contributed by atoms with Gasteiger partial charge in [0, 0.05) is 17.9 Å². The van der Waals surface area contributed by atoms with E-state index in [4.69, 9.17) is 25.8 Å². The number of rotatable bonds is 6. The van der Waals surface area contributed by atoms with Gasteiger partial charge in [-0.25, -0.2) is 0 Å². The van der Waals surface area contributed by atoms with Crippen molar-refractivity contribution in [3.8, 4) is 5.75 Å². The zero-order valence-electron chi connectivity index (χ0n) is 16.5. The van der Waals surface area contributed by atoms with Gasteiger partial charge in [-0.05, 0) is 41.3 Å². The molecule has 2 saturated heterocycles. The lowest BCUT2D eigenvalue weighted by Crippen LogP contribution is -2.44. The lowest BCUT2D eigenvalue weighted by atomic mass is 9.93. The maximum absolute atomic E-state index is 12.1. The summed E-state index contributed by atoms with van der Waals surface area (Å²) in [4.78, 5) is 12.1. The van der Waals surface area contributed by atoms with E-state index in [1.54, 1.807) is 6.07 Å². The average molecular weight is 433 g/mol. The van der Waals surface area contributed by atoms with Gasteiger partial charge in [-0.3, -0.25) is 4.79 Å². The Morgan fingerprint density at radius 2 is 1.97 bits per heavy atom. The summed E-state index contributed by atoms with van der Waals surface area (Å²) >= 11 is 6.41. The highest BCUT2D eigenvalue weighted by Gasteiger charge is 2.36. The molecule has 7 heteroatoms. The first kappa shape index (κ1) is 21.3. The van der Waals surface area contributed by atoms with Crippen molar-refractivity contribution in [1.82, 2.24) is 0 Å². The molecule has 2 N–H and O–H groups in total. The van der Waals surface area contributed by atoms with E-state index in [0.717, 1.165) is 35.5 Å². The Morgan fingerprint density at radius 3 is 2.67 bits per heavy atom. The molecule has 0 saturated carbocycles. The monoisotopic (exact) mass is 432 g/mol. The number of aliphatic hydroxyl groups excluding tert-OH is 2. The van der Waals surface area contributed by atoms with Crippen LogP contribution in [0.4, 0.5) is 0 Å². The van der Waals surface area contributed by atoms with Crippen LogP contribution in [0.3, 0.4) is 0 Å². The highest BCUT2D eigenvalue weighted by atomic mass is 35.5. The molecule has 2 aromatic carbocycles. The molecule has 2 aliphatic rings. The summed E-state index contributed by atoms with van der Waals surface area (Å²) in [6, 6.07) is 13.4. The number of carbonyl (C=O) groups is 1. The molecule has 0 amide bonds. The van der Waals surface area contributed by atoms with E-state index in [-0.39, 0.29) is 18.3 Å². The number of benzene rings is 2. The largest absolute Gasteiger partial charge is 0.488 e. The second kappa shape index (κ2) is 9.45. The number of hydrogen-bond acceptors (Lipinski definition) is 6. The van der Waals surface area contributed by atoms with Crippen molar-refractivity contribution in [3.05, 3.63) is 64.2 Å². The number of ether oxygens (including phenoxy) is 3. The lowest BCUT2D eigenvalue weighted by molar-refractivity contribution is -0.164. The Bertz CT molecular complexity index is 878. The summed E-state index contributed by atoms with van der Waals surface area (Å²) in [6.07, 6.45) is -1.01. The van der Waals surface area contributed by atoms with Gasteiger partial charge in [-0.2, -0.15) is 0 Å². The van der Waals surface area contributed by atoms with Crippen molar-refractivity contribution in [3.63, 3.8) is 0 Å². The first-order chi connectivity index (χ1) is 14.5. The predicted molar refractivity (Wildman–Crippen MR) is 111 cm³/mol. The van der Waals surface area contributed by atoms with E-state index in [9.17, 15) is 15.0 Å². The standard InChI is InChI=1S/C23H25ClO6/c24-19-6-3-15(21-11-20(26)23(27)22(12-25)30-21)10-16(19)9-14-1-4-17(5-2-14)29-18-7-8-28-13-18/h1-6,10,18,21-23,25,27H,7-9,11-13H2/t18-,21+,22+,23+/m0/s1. The summed E-state index contributed by atoms with van der Waals surface area (Å²) in [5.74, 6) is 0.488. The van der Waals surface area contributed by atoms with Crippen LogP contribution in [0.5, 0.6) is 5.75 Å². The van der Waals surface area contributed by atoms with Gasteiger partial charge in [0.1, 0.15) is 24.1 Å². The predicted octanol–water partition coefficient (Wildman–Crippen LogP) is 2.85. The zero-order chi connectivity index (χ0) is 21.1. The molecule has 4 rings (SSSR count). The molecule has 2 aliphatic heterocycles. The van der Waals surface area contributed by atoms with Gasteiger partial charge in [-0.15, -0.1) is 0 Å². The van der Waals surface area contributed by atoms with Gasteiger partial charge in [0.2, 0.25) is 0 Å². The SMILES string of the molecule is O=C1C[C@H](c2ccc(Cl)c(Cc3ccc(O[C@H]4CCOC4)cc3)c2)O[C@H](CO)[C@@H]1O. The number of carbonyl (C=O) groups excluding carboxylic acids is 1. The second-order valence-electron chi connectivity index (χ2n) is 7.74. The molecule has 0 aliphatic carbocycles. The van der Waals surface area contributed by atoms with E-state index in [0.29, 0.717) is 18.1 Å². The Morgan fingerprint density at radius 1 is 1.17 bits per heavy atom.